The van der Waals surface area contributed by atoms with Crippen molar-refractivity contribution in [1.82, 2.24) is 0 Å². The molecule has 0 aromatic heterocycles. The summed E-state index contributed by atoms with van der Waals surface area (Å²) in [5.74, 6) is -0.622. The molecule has 0 amide bonds. The van der Waals surface area contributed by atoms with E-state index in [9.17, 15) is 9.59 Å². The van der Waals surface area contributed by atoms with Gasteiger partial charge in [0.15, 0.2) is 0 Å². The second kappa shape index (κ2) is 8.69. The molecule has 106 valence electrons. The van der Waals surface area contributed by atoms with Gasteiger partial charge in [-0.15, -0.1) is 0 Å². The van der Waals surface area contributed by atoms with Crippen LogP contribution >= 0.6 is 25.3 Å². The summed E-state index contributed by atoms with van der Waals surface area (Å²) in [4.78, 5) is 23.2. The van der Waals surface area contributed by atoms with Gasteiger partial charge in [0.2, 0.25) is 0 Å². The predicted octanol–water partition coefficient (Wildman–Crippen LogP) is 1.98. The Kier molecular flexibility index (Phi) is 8.52. The molecule has 0 bridgehead atoms. The quantitative estimate of drug-likeness (QED) is 0.557. The van der Waals surface area contributed by atoms with Crippen LogP contribution in [0.5, 0.6) is 0 Å². The first-order chi connectivity index (χ1) is 8.25. The third-order valence-electron chi connectivity index (χ3n) is 1.90. The number of carbonyl (C=O) groups excluding carboxylic acids is 2. The molecule has 2 atom stereocenters. The molecule has 0 heterocycles. The maximum atomic E-state index is 11.6. The van der Waals surface area contributed by atoms with Crippen molar-refractivity contribution < 1.29 is 19.1 Å². The molecule has 0 radical (unpaired) electrons. The summed E-state index contributed by atoms with van der Waals surface area (Å²) in [7, 11) is 0. The Balaban J connectivity index is 4.18. The number of hydrogen-bond acceptors (Lipinski definition) is 6. The molecule has 6 heteroatoms. The number of hydrogen-bond donors (Lipinski definition) is 2. The average Bonchev–Trinajstić information content (AvgIpc) is 2.30. The average molecular weight is 294 g/mol. The van der Waals surface area contributed by atoms with E-state index in [2.05, 4.69) is 25.3 Å². The zero-order chi connectivity index (χ0) is 14.3. The van der Waals surface area contributed by atoms with E-state index in [1.165, 1.54) is 0 Å². The molecule has 0 aromatic carbocycles. The van der Waals surface area contributed by atoms with Gasteiger partial charge in [-0.1, -0.05) is 27.7 Å². The molecule has 0 aliphatic heterocycles. The smallest absolute Gasteiger partial charge is 0.320 e. The van der Waals surface area contributed by atoms with E-state index in [-0.39, 0.29) is 11.8 Å². The summed E-state index contributed by atoms with van der Waals surface area (Å²) in [5.41, 5.74) is 0. The van der Waals surface area contributed by atoms with Crippen molar-refractivity contribution in [1.29, 1.82) is 0 Å². The lowest BCUT2D eigenvalue weighted by molar-refractivity contribution is -0.150. The summed E-state index contributed by atoms with van der Waals surface area (Å²) >= 11 is 8.11. The van der Waals surface area contributed by atoms with E-state index in [1.807, 2.05) is 27.7 Å². The van der Waals surface area contributed by atoms with Crippen LogP contribution in [0, 0.1) is 11.8 Å². The van der Waals surface area contributed by atoms with Crippen molar-refractivity contribution in [3.63, 3.8) is 0 Å². The highest BCUT2D eigenvalue weighted by atomic mass is 32.1. The Bertz CT molecular complexity index is 251. The number of esters is 2. The van der Waals surface area contributed by atoms with Crippen LogP contribution in [0.3, 0.4) is 0 Å². The molecular weight excluding hydrogens is 272 g/mol. The maximum Gasteiger partial charge on any atom is 0.320 e. The van der Waals surface area contributed by atoms with Crippen LogP contribution in [0.4, 0.5) is 0 Å². The van der Waals surface area contributed by atoms with Crippen molar-refractivity contribution >= 4 is 37.2 Å². The highest BCUT2D eigenvalue weighted by Gasteiger charge is 2.30. The van der Waals surface area contributed by atoms with Gasteiger partial charge in [0.05, 0.1) is 13.2 Å². The molecule has 0 saturated carbocycles. The fourth-order valence-corrected chi connectivity index (χ4v) is 1.32. The van der Waals surface area contributed by atoms with Gasteiger partial charge in [0, 0.05) is 0 Å². The topological polar surface area (TPSA) is 52.6 Å². The molecule has 0 spiro atoms. The number of carbonyl (C=O) groups is 2. The van der Waals surface area contributed by atoms with Crippen molar-refractivity contribution in [3.05, 3.63) is 0 Å². The number of thiol groups is 2. The Morgan fingerprint density at radius 1 is 0.833 bits per heavy atom. The minimum Gasteiger partial charge on any atom is -0.465 e. The molecular formula is C12H22O4S2. The lowest BCUT2D eigenvalue weighted by atomic mass is 10.2. The molecule has 2 unspecified atom stereocenters. The zero-order valence-corrected chi connectivity index (χ0v) is 13.0. The zero-order valence-electron chi connectivity index (χ0n) is 11.3. The molecule has 0 aromatic rings. The first-order valence-corrected chi connectivity index (χ1v) is 6.98. The van der Waals surface area contributed by atoms with E-state index in [0.29, 0.717) is 13.2 Å². The second-order valence-corrected chi connectivity index (χ2v) is 6.05. The predicted molar refractivity (Wildman–Crippen MR) is 77.1 cm³/mol. The summed E-state index contributed by atoms with van der Waals surface area (Å²) in [6.07, 6.45) is 0. The summed E-state index contributed by atoms with van der Waals surface area (Å²) in [5, 5.41) is -1.82. The minimum absolute atomic E-state index is 0.237. The van der Waals surface area contributed by atoms with Gasteiger partial charge in [0.25, 0.3) is 0 Å². The number of ether oxygens (including phenoxy) is 2. The van der Waals surface area contributed by atoms with Crippen molar-refractivity contribution in [3.8, 4) is 0 Å². The molecule has 0 N–H and O–H groups in total. The van der Waals surface area contributed by atoms with Gasteiger partial charge in [-0.05, 0) is 11.8 Å². The number of rotatable bonds is 7. The van der Waals surface area contributed by atoms with Crippen molar-refractivity contribution in [2.45, 2.75) is 38.2 Å². The molecule has 0 rings (SSSR count). The van der Waals surface area contributed by atoms with Crippen LogP contribution in [-0.2, 0) is 19.1 Å². The highest BCUT2D eigenvalue weighted by molar-refractivity contribution is 7.86. The standard InChI is InChI=1S/C12H22O4S2/c1-7(2)5-15-11(13)9(17)10(18)12(14)16-6-8(3)4/h7-10,17-18H,5-6H2,1-4H3. The molecule has 0 fully saturated rings. The monoisotopic (exact) mass is 294 g/mol. The van der Waals surface area contributed by atoms with Gasteiger partial charge >= 0.3 is 11.9 Å². The van der Waals surface area contributed by atoms with Crippen LogP contribution in [0.15, 0.2) is 0 Å². The SMILES string of the molecule is CC(C)COC(=O)C(S)C(S)C(=O)OCC(C)C. The van der Waals surface area contributed by atoms with E-state index >= 15 is 0 Å². The lowest BCUT2D eigenvalue weighted by Gasteiger charge is -2.17. The molecule has 0 saturated heterocycles. The lowest BCUT2D eigenvalue weighted by Crippen LogP contribution is -2.35. The molecule has 4 nitrogen and oxygen atoms in total. The van der Waals surface area contributed by atoms with Gasteiger partial charge in [0.1, 0.15) is 10.5 Å². The van der Waals surface area contributed by atoms with Crippen LogP contribution < -0.4 is 0 Å². The first-order valence-electron chi connectivity index (χ1n) is 5.95. The third-order valence-corrected chi connectivity index (χ3v) is 3.15. The van der Waals surface area contributed by atoms with E-state index in [4.69, 9.17) is 9.47 Å². The van der Waals surface area contributed by atoms with Gasteiger partial charge in [-0.3, -0.25) is 9.59 Å². The van der Waals surface area contributed by atoms with Gasteiger partial charge in [-0.25, -0.2) is 0 Å². The van der Waals surface area contributed by atoms with Crippen LogP contribution in [0.25, 0.3) is 0 Å². The Hall–Kier alpha value is -0.360. The Morgan fingerprint density at radius 2 is 1.11 bits per heavy atom. The van der Waals surface area contributed by atoms with Crippen LogP contribution in [0.1, 0.15) is 27.7 Å². The van der Waals surface area contributed by atoms with E-state index < -0.39 is 22.4 Å². The van der Waals surface area contributed by atoms with Crippen molar-refractivity contribution in [2.24, 2.45) is 11.8 Å². The molecule has 0 aliphatic carbocycles. The normalized spacial score (nSPS) is 14.4. The highest BCUT2D eigenvalue weighted by Crippen LogP contribution is 2.14. The maximum absolute atomic E-state index is 11.6. The first kappa shape index (κ1) is 17.6. The van der Waals surface area contributed by atoms with E-state index in [0.717, 1.165) is 0 Å². The fraction of sp³-hybridized carbons (Fsp3) is 0.833. The second-order valence-electron chi connectivity index (χ2n) is 4.94. The minimum atomic E-state index is -0.910. The molecule has 0 aliphatic rings. The van der Waals surface area contributed by atoms with Crippen molar-refractivity contribution in [2.75, 3.05) is 13.2 Å². The Labute approximate surface area is 120 Å². The van der Waals surface area contributed by atoms with Gasteiger partial charge < -0.3 is 9.47 Å². The van der Waals surface area contributed by atoms with E-state index in [1.54, 1.807) is 0 Å². The van der Waals surface area contributed by atoms with Crippen LogP contribution in [-0.4, -0.2) is 35.7 Å². The summed E-state index contributed by atoms with van der Waals surface area (Å²) in [6, 6.07) is 0. The Morgan fingerprint density at radius 3 is 1.33 bits per heavy atom. The summed E-state index contributed by atoms with van der Waals surface area (Å²) < 4.78 is 9.98. The molecule has 18 heavy (non-hydrogen) atoms. The van der Waals surface area contributed by atoms with Gasteiger partial charge in [-0.2, -0.15) is 25.3 Å². The largest absolute Gasteiger partial charge is 0.465 e. The third kappa shape index (κ3) is 7.16. The van der Waals surface area contributed by atoms with Crippen LogP contribution in [0.2, 0.25) is 0 Å². The summed E-state index contributed by atoms with van der Waals surface area (Å²) in [6.45, 7) is 8.31. The fourth-order valence-electron chi connectivity index (χ4n) is 0.926.